The first-order valence-corrected chi connectivity index (χ1v) is 5.16. The number of aliphatic hydroxyl groups is 1. The van der Waals surface area contributed by atoms with Gasteiger partial charge in [0.05, 0.1) is 12.5 Å². The highest BCUT2D eigenvalue weighted by atomic mass is 16.4. The van der Waals surface area contributed by atoms with E-state index >= 15 is 0 Å². The lowest BCUT2D eigenvalue weighted by molar-refractivity contribution is -0.139. The number of aliphatic carboxylic acids is 1. The van der Waals surface area contributed by atoms with Gasteiger partial charge >= 0.3 is 5.97 Å². The molecule has 1 fully saturated rings. The number of carbonyl (C=O) groups is 1. The Morgan fingerprint density at radius 1 is 1.47 bits per heavy atom. The van der Waals surface area contributed by atoms with Gasteiger partial charge in [-0.25, -0.2) is 0 Å². The molecule has 0 amide bonds. The molecular formula is C12H14O3. The predicted molar refractivity (Wildman–Crippen MR) is 55.6 cm³/mol. The van der Waals surface area contributed by atoms with Crippen molar-refractivity contribution < 1.29 is 15.0 Å². The fraction of sp³-hybridized carbons (Fsp3) is 0.417. The molecule has 1 aliphatic rings. The predicted octanol–water partition coefficient (Wildman–Crippen LogP) is 2.07. The van der Waals surface area contributed by atoms with Crippen LogP contribution < -0.4 is 0 Å². The topological polar surface area (TPSA) is 57.5 Å². The first-order chi connectivity index (χ1) is 7.16. The average molecular weight is 206 g/mol. The highest BCUT2D eigenvalue weighted by Gasteiger charge is 2.24. The highest BCUT2D eigenvalue weighted by molar-refractivity contribution is 5.67. The van der Waals surface area contributed by atoms with E-state index in [1.54, 1.807) is 6.07 Å². The van der Waals surface area contributed by atoms with E-state index < -0.39 is 12.1 Å². The van der Waals surface area contributed by atoms with Crippen molar-refractivity contribution in [3.63, 3.8) is 0 Å². The van der Waals surface area contributed by atoms with E-state index in [2.05, 4.69) is 0 Å². The van der Waals surface area contributed by atoms with Crippen LogP contribution in [-0.4, -0.2) is 16.2 Å². The van der Waals surface area contributed by atoms with E-state index in [4.69, 9.17) is 5.11 Å². The summed E-state index contributed by atoms with van der Waals surface area (Å²) < 4.78 is 0. The summed E-state index contributed by atoms with van der Waals surface area (Å²) in [7, 11) is 0. The first kappa shape index (κ1) is 10.2. The molecule has 0 spiro atoms. The van der Waals surface area contributed by atoms with Gasteiger partial charge in [-0.15, -0.1) is 0 Å². The van der Waals surface area contributed by atoms with Crippen molar-refractivity contribution in [3.05, 3.63) is 35.4 Å². The third kappa shape index (κ3) is 2.57. The number of hydrogen-bond donors (Lipinski definition) is 2. The summed E-state index contributed by atoms with van der Waals surface area (Å²) in [6.07, 6.45) is 1.30. The standard InChI is InChI=1S/C12H14O3/c13-11(7-12(14)15)10-3-1-2-9(6-10)8-4-5-8/h1-3,6,8,11,13H,4-5,7H2,(H,14,15)/t11-/m1/s1. The van der Waals surface area contributed by atoms with Gasteiger partial charge in [0.15, 0.2) is 0 Å². The fourth-order valence-electron chi connectivity index (χ4n) is 1.72. The smallest absolute Gasteiger partial charge is 0.306 e. The minimum Gasteiger partial charge on any atom is -0.481 e. The Morgan fingerprint density at radius 2 is 2.20 bits per heavy atom. The third-order valence-corrected chi connectivity index (χ3v) is 2.71. The Bertz CT molecular complexity index is 369. The molecule has 2 rings (SSSR count). The van der Waals surface area contributed by atoms with Gasteiger partial charge in [-0.2, -0.15) is 0 Å². The number of carboxylic acids is 1. The maximum Gasteiger partial charge on any atom is 0.306 e. The van der Waals surface area contributed by atoms with Crippen molar-refractivity contribution in [1.29, 1.82) is 0 Å². The zero-order valence-corrected chi connectivity index (χ0v) is 8.39. The molecule has 15 heavy (non-hydrogen) atoms. The Balaban J connectivity index is 2.12. The fourth-order valence-corrected chi connectivity index (χ4v) is 1.72. The zero-order valence-electron chi connectivity index (χ0n) is 8.39. The van der Waals surface area contributed by atoms with Crippen LogP contribution in [0.25, 0.3) is 0 Å². The van der Waals surface area contributed by atoms with E-state index in [1.165, 1.54) is 18.4 Å². The molecule has 2 N–H and O–H groups in total. The largest absolute Gasteiger partial charge is 0.481 e. The number of rotatable bonds is 4. The SMILES string of the molecule is O=C(O)C[C@@H](O)c1cccc(C2CC2)c1. The first-order valence-electron chi connectivity index (χ1n) is 5.16. The minimum atomic E-state index is -0.973. The van der Waals surface area contributed by atoms with Crippen LogP contribution in [-0.2, 0) is 4.79 Å². The van der Waals surface area contributed by atoms with Gasteiger partial charge in [-0.3, -0.25) is 4.79 Å². The van der Waals surface area contributed by atoms with Crippen molar-refractivity contribution in [2.24, 2.45) is 0 Å². The summed E-state index contributed by atoms with van der Waals surface area (Å²) in [5, 5.41) is 18.2. The van der Waals surface area contributed by atoms with Gasteiger partial charge in [0.1, 0.15) is 0 Å². The molecule has 0 aliphatic heterocycles. The highest BCUT2D eigenvalue weighted by Crippen LogP contribution is 2.40. The monoisotopic (exact) mass is 206 g/mol. The molecule has 0 bridgehead atoms. The second kappa shape index (κ2) is 4.03. The van der Waals surface area contributed by atoms with E-state index in [0.717, 1.165) is 0 Å². The Morgan fingerprint density at radius 3 is 2.80 bits per heavy atom. The van der Waals surface area contributed by atoms with Crippen molar-refractivity contribution in [2.75, 3.05) is 0 Å². The second-order valence-electron chi connectivity index (χ2n) is 4.06. The maximum atomic E-state index is 10.5. The summed E-state index contributed by atoms with van der Waals surface area (Å²) in [6, 6.07) is 7.62. The van der Waals surface area contributed by atoms with Crippen LogP contribution in [0.1, 0.15) is 42.4 Å². The van der Waals surface area contributed by atoms with Crippen LogP contribution in [0.15, 0.2) is 24.3 Å². The van der Waals surface area contributed by atoms with Crippen molar-refractivity contribution in [1.82, 2.24) is 0 Å². The summed E-state index contributed by atoms with van der Waals surface area (Å²) in [5.74, 6) is -0.346. The molecule has 0 aromatic heterocycles. The number of carboxylic acid groups (broad SMARTS) is 1. The quantitative estimate of drug-likeness (QED) is 0.792. The molecule has 0 radical (unpaired) electrons. The maximum absolute atomic E-state index is 10.5. The molecule has 1 aliphatic carbocycles. The van der Waals surface area contributed by atoms with Crippen LogP contribution in [0.4, 0.5) is 0 Å². The lowest BCUT2D eigenvalue weighted by Crippen LogP contribution is -2.05. The summed E-state index contributed by atoms with van der Waals surface area (Å²) in [4.78, 5) is 10.5. The van der Waals surface area contributed by atoms with E-state index in [-0.39, 0.29) is 6.42 Å². The molecule has 80 valence electrons. The lowest BCUT2D eigenvalue weighted by Gasteiger charge is -2.09. The number of aliphatic hydroxyl groups excluding tert-OH is 1. The number of benzene rings is 1. The average Bonchev–Trinajstić information content (AvgIpc) is 3.00. The third-order valence-electron chi connectivity index (χ3n) is 2.71. The van der Waals surface area contributed by atoms with Gasteiger partial charge in [0.25, 0.3) is 0 Å². The van der Waals surface area contributed by atoms with Crippen LogP contribution in [0, 0.1) is 0 Å². The second-order valence-corrected chi connectivity index (χ2v) is 4.06. The van der Waals surface area contributed by atoms with Gasteiger partial charge in [-0.05, 0) is 29.9 Å². The van der Waals surface area contributed by atoms with Gasteiger partial charge in [0.2, 0.25) is 0 Å². The van der Waals surface area contributed by atoms with Gasteiger partial charge in [-0.1, -0.05) is 24.3 Å². The zero-order chi connectivity index (χ0) is 10.8. The lowest BCUT2D eigenvalue weighted by atomic mass is 10.0. The molecule has 3 nitrogen and oxygen atoms in total. The van der Waals surface area contributed by atoms with Crippen molar-refractivity contribution in [3.8, 4) is 0 Å². The molecule has 1 atom stereocenters. The molecule has 1 aromatic rings. The molecular weight excluding hydrogens is 192 g/mol. The molecule has 1 saturated carbocycles. The van der Waals surface area contributed by atoms with E-state index in [1.807, 2.05) is 18.2 Å². The Labute approximate surface area is 88.4 Å². The van der Waals surface area contributed by atoms with Crippen LogP contribution in [0.5, 0.6) is 0 Å². The summed E-state index contributed by atoms with van der Waals surface area (Å²) in [6.45, 7) is 0. The summed E-state index contributed by atoms with van der Waals surface area (Å²) >= 11 is 0. The van der Waals surface area contributed by atoms with E-state index in [0.29, 0.717) is 11.5 Å². The van der Waals surface area contributed by atoms with Crippen LogP contribution in [0.2, 0.25) is 0 Å². The van der Waals surface area contributed by atoms with E-state index in [9.17, 15) is 9.90 Å². The minimum absolute atomic E-state index is 0.228. The number of hydrogen-bond acceptors (Lipinski definition) is 2. The van der Waals surface area contributed by atoms with Crippen molar-refractivity contribution in [2.45, 2.75) is 31.3 Å². The molecule has 0 heterocycles. The normalized spacial score (nSPS) is 17.4. The molecule has 1 aromatic carbocycles. The van der Waals surface area contributed by atoms with Gasteiger partial charge < -0.3 is 10.2 Å². The molecule has 3 heteroatoms. The van der Waals surface area contributed by atoms with Crippen molar-refractivity contribution >= 4 is 5.97 Å². The summed E-state index contributed by atoms with van der Waals surface area (Å²) in [5.41, 5.74) is 1.93. The van der Waals surface area contributed by atoms with Crippen LogP contribution >= 0.6 is 0 Å². The van der Waals surface area contributed by atoms with Crippen LogP contribution in [0.3, 0.4) is 0 Å². The Hall–Kier alpha value is -1.35. The Kier molecular flexibility index (Phi) is 2.73. The molecule has 0 unspecified atom stereocenters. The molecule has 0 saturated heterocycles. The van der Waals surface area contributed by atoms with Gasteiger partial charge in [0, 0.05) is 0 Å².